The van der Waals surface area contributed by atoms with Crippen LogP contribution >= 0.6 is 0 Å². The maximum absolute atomic E-state index is 12.7. The average Bonchev–Trinajstić information content (AvgIpc) is 3.36. The van der Waals surface area contributed by atoms with E-state index in [9.17, 15) is 14.9 Å². The summed E-state index contributed by atoms with van der Waals surface area (Å²) in [5.74, 6) is 1.13. The number of nitro benzene ring substituents is 1. The van der Waals surface area contributed by atoms with E-state index >= 15 is 0 Å². The van der Waals surface area contributed by atoms with Gasteiger partial charge in [0, 0.05) is 43.1 Å². The van der Waals surface area contributed by atoms with Crippen molar-refractivity contribution in [3.63, 3.8) is 0 Å². The molecule has 1 saturated carbocycles. The molecule has 2 aromatic rings. The number of nitro groups is 1. The number of carbonyl (C=O) groups excluding carboxylic acids is 1. The second-order valence-electron chi connectivity index (χ2n) is 6.88. The molecule has 144 valence electrons. The van der Waals surface area contributed by atoms with E-state index < -0.39 is 4.92 Å². The van der Waals surface area contributed by atoms with Crippen molar-refractivity contribution in [1.29, 1.82) is 0 Å². The van der Waals surface area contributed by atoms with Crippen LogP contribution < -0.4 is 0 Å². The summed E-state index contributed by atoms with van der Waals surface area (Å²) in [6, 6.07) is 6.13. The number of rotatable bonds is 8. The highest BCUT2D eigenvalue weighted by molar-refractivity contribution is 5.79. The van der Waals surface area contributed by atoms with Crippen LogP contribution in [0, 0.1) is 16.0 Å². The minimum Gasteiger partial charge on any atom is -0.342 e. The number of hydrogen-bond donors (Lipinski definition) is 0. The second-order valence-corrected chi connectivity index (χ2v) is 6.88. The molecule has 8 heteroatoms. The van der Waals surface area contributed by atoms with Gasteiger partial charge in [0.2, 0.25) is 17.6 Å². The normalized spacial score (nSPS) is 14.4. The summed E-state index contributed by atoms with van der Waals surface area (Å²) < 4.78 is 5.28. The van der Waals surface area contributed by atoms with Crippen molar-refractivity contribution in [3.8, 4) is 11.4 Å². The molecule has 0 saturated heterocycles. The molecule has 1 aromatic heterocycles. The van der Waals surface area contributed by atoms with Crippen molar-refractivity contribution in [1.82, 2.24) is 15.0 Å². The fraction of sp³-hybridized carbons (Fsp3) is 0.526. The fourth-order valence-electron chi connectivity index (χ4n) is 3.50. The van der Waals surface area contributed by atoms with Gasteiger partial charge in [-0.2, -0.15) is 4.98 Å². The number of hydrogen-bond acceptors (Lipinski definition) is 6. The first-order valence-electron chi connectivity index (χ1n) is 9.44. The first-order chi connectivity index (χ1) is 13.1. The predicted octanol–water partition coefficient (Wildman–Crippen LogP) is 3.62. The number of non-ortho nitro benzene ring substituents is 1. The van der Waals surface area contributed by atoms with E-state index in [1.54, 1.807) is 12.1 Å². The number of nitrogens with zero attached hydrogens (tertiary/aromatic N) is 4. The van der Waals surface area contributed by atoms with Crippen LogP contribution in [0.2, 0.25) is 0 Å². The summed E-state index contributed by atoms with van der Waals surface area (Å²) in [4.78, 5) is 29.4. The van der Waals surface area contributed by atoms with E-state index in [1.807, 2.05) is 4.90 Å². The van der Waals surface area contributed by atoms with Gasteiger partial charge in [-0.05, 0) is 19.3 Å². The third kappa shape index (κ3) is 4.69. The molecule has 0 aliphatic heterocycles. The number of aromatic nitrogens is 2. The molecule has 3 rings (SSSR count). The van der Waals surface area contributed by atoms with Gasteiger partial charge in [-0.25, -0.2) is 0 Å². The van der Waals surface area contributed by atoms with Crippen molar-refractivity contribution >= 4 is 11.6 Å². The topological polar surface area (TPSA) is 102 Å². The zero-order valence-electron chi connectivity index (χ0n) is 15.5. The van der Waals surface area contributed by atoms with E-state index in [2.05, 4.69) is 17.1 Å². The molecule has 8 nitrogen and oxygen atoms in total. The predicted molar refractivity (Wildman–Crippen MR) is 98.9 cm³/mol. The van der Waals surface area contributed by atoms with Gasteiger partial charge in [0.15, 0.2) is 0 Å². The third-order valence-corrected chi connectivity index (χ3v) is 4.89. The molecule has 0 unspecified atom stereocenters. The van der Waals surface area contributed by atoms with Gasteiger partial charge in [0.05, 0.1) is 4.92 Å². The van der Waals surface area contributed by atoms with E-state index in [0.717, 1.165) is 38.6 Å². The third-order valence-electron chi connectivity index (χ3n) is 4.89. The van der Waals surface area contributed by atoms with Crippen LogP contribution in [0.15, 0.2) is 28.8 Å². The molecule has 1 heterocycles. The van der Waals surface area contributed by atoms with Crippen molar-refractivity contribution in [2.45, 2.75) is 45.4 Å². The summed E-state index contributed by atoms with van der Waals surface area (Å²) in [5.41, 5.74) is 0.516. The Balaban J connectivity index is 1.64. The highest BCUT2D eigenvalue weighted by Gasteiger charge is 2.27. The lowest BCUT2D eigenvalue weighted by Gasteiger charge is -2.24. The van der Waals surface area contributed by atoms with Crippen LogP contribution in [0.4, 0.5) is 5.69 Å². The molecule has 0 radical (unpaired) electrons. The number of benzene rings is 1. The Morgan fingerprint density at radius 1 is 1.33 bits per heavy atom. The lowest BCUT2D eigenvalue weighted by molar-refractivity contribution is -0.384. The lowest BCUT2D eigenvalue weighted by Crippen LogP contribution is -2.37. The van der Waals surface area contributed by atoms with Crippen molar-refractivity contribution in [3.05, 3.63) is 40.3 Å². The van der Waals surface area contributed by atoms with E-state index in [-0.39, 0.29) is 17.5 Å². The molecule has 1 amide bonds. The number of carbonyl (C=O) groups is 1. The van der Waals surface area contributed by atoms with Gasteiger partial charge in [0.25, 0.3) is 5.69 Å². The summed E-state index contributed by atoms with van der Waals surface area (Å²) in [5, 5.41) is 14.8. The van der Waals surface area contributed by atoms with Crippen molar-refractivity contribution < 1.29 is 14.2 Å². The van der Waals surface area contributed by atoms with Gasteiger partial charge in [-0.3, -0.25) is 14.9 Å². The molecule has 1 aromatic carbocycles. The molecular weight excluding hydrogens is 348 g/mol. The van der Waals surface area contributed by atoms with Gasteiger partial charge in [-0.1, -0.05) is 37.1 Å². The summed E-state index contributed by atoms with van der Waals surface area (Å²) >= 11 is 0. The minimum absolute atomic E-state index is 0.0184. The fourth-order valence-corrected chi connectivity index (χ4v) is 3.50. The lowest BCUT2D eigenvalue weighted by atomic mass is 10.1. The molecule has 1 fully saturated rings. The van der Waals surface area contributed by atoms with Gasteiger partial charge >= 0.3 is 0 Å². The molecule has 0 atom stereocenters. The molecule has 27 heavy (non-hydrogen) atoms. The smallest absolute Gasteiger partial charge is 0.270 e. The minimum atomic E-state index is -0.457. The molecule has 1 aliphatic carbocycles. The van der Waals surface area contributed by atoms with E-state index in [4.69, 9.17) is 4.52 Å². The van der Waals surface area contributed by atoms with Crippen LogP contribution in [-0.2, 0) is 11.2 Å². The quantitative estimate of drug-likeness (QED) is 0.518. The van der Waals surface area contributed by atoms with Crippen molar-refractivity contribution in [2.75, 3.05) is 13.1 Å². The molecular formula is C19H24N4O4. The van der Waals surface area contributed by atoms with Crippen LogP contribution in [0.1, 0.15) is 44.9 Å². The molecule has 0 spiro atoms. The zero-order chi connectivity index (χ0) is 19.2. The standard InChI is InChI=1S/C19H24N4O4/c1-2-11-22(19(24)14-6-3-4-7-14)12-10-17-20-18(21-27-17)15-8-5-9-16(13-15)23(25)26/h5,8-9,13-14H,2-4,6-7,10-12H2,1H3. The monoisotopic (exact) mass is 372 g/mol. The van der Waals surface area contributed by atoms with Gasteiger partial charge < -0.3 is 9.42 Å². The average molecular weight is 372 g/mol. The van der Waals surface area contributed by atoms with Crippen LogP contribution in [0.5, 0.6) is 0 Å². The second kappa shape index (κ2) is 8.75. The van der Waals surface area contributed by atoms with E-state index in [1.165, 1.54) is 12.1 Å². The summed E-state index contributed by atoms with van der Waals surface area (Å²) in [6.07, 6.45) is 5.61. The Morgan fingerprint density at radius 3 is 2.81 bits per heavy atom. The van der Waals surface area contributed by atoms with Crippen LogP contribution in [0.3, 0.4) is 0 Å². The summed E-state index contributed by atoms with van der Waals surface area (Å²) in [7, 11) is 0. The first kappa shape index (κ1) is 19.0. The molecule has 0 bridgehead atoms. The molecule has 0 N–H and O–H groups in total. The maximum atomic E-state index is 12.7. The highest BCUT2D eigenvalue weighted by atomic mass is 16.6. The first-order valence-corrected chi connectivity index (χ1v) is 9.44. The Hall–Kier alpha value is -2.77. The zero-order valence-corrected chi connectivity index (χ0v) is 15.5. The molecule has 1 aliphatic rings. The van der Waals surface area contributed by atoms with Crippen LogP contribution in [-0.4, -0.2) is 39.0 Å². The van der Waals surface area contributed by atoms with Crippen LogP contribution in [0.25, 0.3) is 11.4 Å². The largest absolute Gasteiger partial charge is 0.342 e. The van der Waals surface area contributed by atoms with Gasteiger partial charge in [0.1, 0.15) is 0 Å². The SMILES string of the molecule is CCCN(CCc1nc(-c2cccc([N+](=O)[O-])c2)no1)C(=O)C1CCCC1. The van der Waals surface area contributed by atoms with E-state index in [0.29, 0.717) is 30.2 Å². The van der Waals surface area contributed by atoms with Crippen molar-refractivity contribution in [2.24, 2.45) is 5.92 Å². The summed E-state index contributed by atoms with van der Waals surface area (Å²) in [6.45, 7) is 3.32. The maximum Gasteiger partial charge on any atom is 0.270 e. The number of amides is 1. The Bertz CT molecular complexity index is 799. The highest BCUT2D eigenvalue weighted by Crippen LogP contribution is 2.27. The van der Waals surface area contributed by atoms with Gasteiger partial charge in [-0.15, -0.1) is 0 Å². The Labute approximate surface area is 157 Å². The Morgan fingerprint density at radius 2 is 2.11 bits per heavy atom. The Kier molecular flexibility index (Phi) is 6.16.